The maximum atomic E-state index is 6.22. The van der Waals surface area contributed by atoms with E-state index in [0.29, 0.717) is 16.7 Å². The van der Waals surface area contributed by atoms with Crippen molar-refractivity contribution >= 4 is 23.2 Å². The topological polar surface area (TPSA) is 21.3 Å². The first-order valence-electron chi connectivity index (χ1n) is 5.90. The molecule has 1 N–H and O–H groups in total. The lowest BCUT2D eigenvalue weighted by atomic mass is 10.0. The summed E-state index contributed by atoms with van der Waals surface area (Å²) in [7, 11) is 0. The second-order valence-electron chi connectivity index (χ2n) is 3.86. The number of ether oxygens (including phenoxy) is 1. The van der Waals surface area contributed by atoms with Crippen molar-refractivity contribution in [3.05, 3.63) is 33.8 Å². The summed E-state index contributed by atoms with van der Waals surface area (Å²) in [5, 5.41) is 4.79. The zero-order valence-electron chi connectivity index (χ0n) is 10.5. The number of benzene rings is 1. The smallest absolute Gasteiger partial charge is 0.0742 e. The Hall–Kier alpha value is -0.280. The summed E-state index contributed by atoms with van der Waals surface area (Å²) in [5.41, 5.74) is 0.988. The van der Waals surface area contributed by atoms with E-state index >= 15 is 0 Å². The van der Waals surface area contributed by atoms with Crippen LogP contribution in [0.4, 0.5) is 0 Å². The van der Waals surface area contributed by atoms with Gasteiger partial charge in [0.15, 0.2) is 0 Å². The Balaban J connectivity index is 2.99. The molecule has 96 valence electrons. The van der Waals surface area contributed by atoms with Crippen molar-refractivity contribution in [3.63, 3.8) is 0 Å². The van der Waals surface area contributed by atoms with E-state index in [2.05, 4.69) is 12.2 Å². The minimum atomic E-state index is 0.0518. The molecule has 4 heteroatoms. The largest absolute Gasteiger partial charge is 0.377 e. The maximum absolute atomic E-state index is 6.22. The Morgan fingerprint density at radius 1 is 1.29 bits per heavy atom. The van der Waals surface area contributed by atoms with Gasteiger partial charge in [-0.2, -0.15) is 0 Å². The molecular formula is C13H19Cl2NO. The third kappa shape index (κ3) is 4.14. The van der Waals surface area contributed by atoms with Gasteiger partial charge in [0.1, 0.15) is 0 Å². The highest BCUT2D eigenvalue weighted by atomic mass is 35.5. The molecule has 0 heterocycles. The van der Waals surface area contributed by atoms with Gasteiger partial charge in [-0.25, -0.2) is 0 Å². The van der Waals surface area contributed by atoms with E-state index < -0.39 is 0 Å². The molecule has 0 aromatic heterocycles. The third-order valence-electron chi connectivity index (χ3n) is 2.62. The molecule has 2 atom stereocenters. The molecule has 1 aromatic rings. The Morgan fingerprint density at radius 3 is 2.59 bits per heavy atom. The van der Waals surface area contributed by atoms with Crippen LogP contribution in [0.5, 0.6) is 0 Å². The van der Waals surface area contributed by atoms with Gasteiger partial charge in [-0.05, 0) is 44.2 Å². The second-order valence-corrected chi connectivity index (χ2v) is 4.71. The van der Waals surface area contributed by atoms with Crippen LogP contribution in [-0.4, -0.2) is 19.3 Å². The van der Waals surface area contributed by atoms with Gasteiger partial charge in [-0.1, -0.05) is 30.1 Å². The lowest BCUT2D eigenvalue weighted by Gasteiger charge is -2.26. The Morgan fingerprint density at radius 2 is 2.00 bits per heavy atom. The van der Waals surface area contributed by atoms with Gasteiger partial charge in [0.25, 0.3) is 0 Å². The summed E-state index contributed by atoms with van der Waals surface area (Å²) in [6, 6.07) is 5.57. The normalized spacial score (nSPS) is 14.6. The zero-order chi connectivity index (χ0) is 12.8. The third-order valence-corrected chi connectivity index (χ3v) is 3.20. The molecule has 2 nitrogen and oxygen atoms in total. The predicted octanol–water partition coefficient (Wildman–Crippen LogP) is 4.07. The number of nitrogens with one attached hydrogen (secondary N) is 1. The summed E-state index contributed by atoms with van der Waals surface area (Å²) < 4.78 is 5.64. The van der Waals surface area contributed by atoms with Crippen LogP contribution in [0.1, 0.15) is 32.4 Å². The number of halogens is 2. The average molecular weight is 276 g/mol. The molecule has 0 fully saturated rings. The second kappa shape index (κ2) is 7.22. The van der Waals surface area contributed by atoms with Crippen molar-refractivity contribution in [3.8, 4) is 0 Å². The maximum Gasteiger partial charge on any atom is 0.0742 e. The van der Waals surface area contributed by atoms with Crippen molar-refractivity contribution in [2.75, 3.05) is 13.2 Å². The van der Waals surface area contributed by atoms with Gasteiger partial charge in [0.2, 0.25) is 0 Å². The van der Waals surface area contributed by atoms with Crippen molar-refractivity contribution in [2.45, 2.75) is 32.9 Å². The summed E-state index contributed by atoms with van der Waals surface area (Å²) in [6.45, 7) is 7.61. The van der Waals surface area contributed by atoms with E-state index in [1.165, 1.54) is 0 Å². The monoisotopic (exact) mass is 275 g/mol. The van der Waals surface area contributed by atoms with E-state index in [-0.39, 0.29) is 12.1 Å². The minimum absolute atomic E-state index is 0.0518. The van der Waals surface area contributed by atoms with E-state index in [4.69, 9.17) is 27.9 Å². The van der Waals surface area contributed by atoms with E-state index in [0.717, 1.165) is 12.1 Å². The van der Waals surface area contributed by atoms with Gasteiger partial charge in [0.05, 0.1) is 12.1 Å². The Labute approximate surface area is 113 Å². The van der Waals surface area contributed by atoms with Crippen molar-refractivity contribution in [1.29, 1.82) is 0 Å². The summed E-state index contributed by atoms with van der Waals surface area (Å²) in [5.74, 6) is 0. The molecule has 0 spiro atoms. The fraction of sp³-hybridized carbons (Fsp3) is 0.538. The molecule has 0 aliphatic heterocycles. The van der Waals surface area contributed by atoms with Gasteiger partial charge in [-0.15, -0.1) is 0 Å². The summed E-state index contributed by atoms with van der Waals surface area (Å²) in [4.78, 5) is 0. The van der Waals surface area contributed by atoms with Gasteiger partial charge in [0, 0.05) is 16.7 Å². The number of hydrogen-bond acceptors (Lipinski definition) is 2. The van der Waals surface area contributed by atoms with E-state index in [1.54, 1.807) is 6.07 Å². The fourth-order valence-corrected chi connectivity index (χ4v) is 2.28. The van der Waals surface area contributed by atoms with Crippen molar-refractivity contribution < 1.29 is 4.74 Å². The fourth-order valence-electron chi connectivity index (χ4n) is 1.86. The molecular weight excluding hydrogens is 257 g/mol. The van der Waals surface area contributed by atoms with Crippen LogP contribution < -0.4 is 5.32 Å². The van der Waals surface area contributed by atoms with E-state index in [9.17, 15) is 0 Å². The molecule has 2 unspecified atom stereocenters. The van der Waals surface area contributed by atoms with Gasteiger partial charge >= 0.3 is 0 Å². The first-order valence-corrected chi connectivity index (χ1v) is 6.65. The number of hydrogen-bond donors (Lipinski definition) is 1. The van der Waals surface area contributed by atoms with Crippen LogP contribution in [-0.2, 0) is 4.74 Å². The highest BCUT2D eigenvalue weighted by molar-refractivity contribution is 6.33. The SMILES string of the molecule is CCNC(c1cc(Cl)ccc1Cl)C(C)OCC. The van der Waals surface area contributed by atoms with Crippen LogP contribution in [0.15, 0.2) is 18.2 Å². The molecule has 0 radical (unpaired) electrons. The average Bonchev–Trinajstić information content (AvgIpc) is 2.30. The van der Waals surface area contributed by atoms with Crippen LogP contribution in [0.2, 0.25) is 10.0 Å². The van der Waals surface area contributed by atoms with Crippen LogP contribution in [0.3, 0.4) is 0 Å². The molecule has 0 amide bonds. The number of likely N-dealkylation sites (N-methyl/N-ethyl adjacent to an activating group) is 1. The lowest BCUT2D eigenvalue weighted by Crippen LogP contribution is -2.32. The van der Waals surface area contributed by atoms with Crippen molar-refractivity contribution in [1.82, 2.24) is 5.32 Å². The zero-order valence-corrected chi connectivity index (χ0v) is 12.0. The molecule has 0 aliphatic rings. The molecule has 1 aromatic carbocycles. The molecule has 0 saturated carbocycles. The standard InChI is InChI=1S/C13H19Cl2NO/c1-4-16-13(9(3)17-5-2)11-8-10(14)6-7-12(11)15/h6-9,13,16H,4-5H2,1-3H3. The lowest BCUT2D eigenvalue weighted by molar-refractivity contribution is 0.0477. The highest BCUT2D eigenvalue weighted by Crippen LogP contribution is 2.29. The number of rotatable bonds is 6. The molecule has 0 aliphatic carbocycles. The van der Waals surface area contributed by atoms with Crippen molar-refractivity contribution in [2.24, 2.45) is 0 Å². The van der Waals surface area contributed by atoms with Crippen LogP contribution in [0, 0.1) is 0 Å². The summed E-state index contributed by atoms with van der Waals surface area (Å²) >= 11 is 12.2. The predicted molar refractivity (Wildman–Crippen MR) is 74.0 cm³/mol. The van der Waals surface area contributed by atoms with Gasteiger partial charge in [-0.3, -0.25) is 0 Å². The minimum Gasteiger partial charge on any atom is -0.377 e. The first kappa shape index (κ1) is 14.8. The van der Waals surface area contributed by atoms with Crippen LogP contribution in [0.25, 0.3) is 0 Å². The molecule has 0 saturated heterocycles. The highest BCUT2D eigenvalue weighted by Gasteiger charge is 2.21. The quantitative estimate of drug-likeness (QED) is 0.845. The Bertz CT molecular complexity index is 357. The van der Waals surface area contributed by atoms with Crippen LogP contribution >= 0.6 is 23.2 Å². The Kier molecular flexibility index (Phi) is 6.28. The summed E-state index contributed by atoms with van der Waals surface area (Å²) in [6.07, 6.45) is 0.0518. The van der Waals surface area contributed by atoms with Gasteiger partial charge < -0.3 is 10.1 Å². The molecule has 0 bridgehead atoms. The molecule has 17 heavy (non-hydrogen) atoms. The molecule has 1 rings (SSSR count). The first-order chi connectivity index (χ1) is 8.10. The van der Waals surface area contributed by atoms with E-state index in [1.807, 2.05) is 26.0 Å².